The molecule has 4 aliphatic heterocycles. The quantitative estimate of drug-likeness (QED) is 0.439. The van der Waals surface area contributed by atoms with E-state index >= 15 is 0 Å². The molecule has 0 amide bonds. The Morgan fingerprint density at radius 2 is 1.68 bits per heavy atom. The first-order valence-electron chi connectivity index (χ1n) is 13.9. The largest absolute Gasteiger partial charge is 0.495 e. The van der Waals surface area contributed by atoms with Gasteiger partial charge in [-0.3, -0.25) is 0 Å². The molecule has 8 heteroatoms. The van der Waals surface area contributed by atoms with Crippen LogP contribution in [0.3, 0.4) is 0 Å². The second kappa shape index (κ2) is 9.02. The summed E-state index contributed by atoms with van der Waals surface area (Å²) in [7, 11) is 1.67. The molecule has 0 bridgehead atoms. The van der Waals surface area contributed by atoms with E-state index in [2.05, 4.69) is 34.1 Å². The molecule has 202 valence electrons. The molecule has 1 saturated carbocycles. The molecule has 2 aromatic rings. The zero-order valence-corrected chi connectivity index (χ0v) is 21.7. The fourth-order valence-corrected chi connectivity index (χ4v) is 7.42. The average molecular weight is 527 g/mol. The summed E-state index contributed by atoms with van der Waals surface area (Å²) in [4.78, 5) is 4.73. The lowest BCUT2D eigenvalue weighted by Crippen LogP contribution is -2.42. The molecule has 5 aliphatic rings. The predicted molar refractivity (Wildman–Crippen MR) is 140 cm³/mol. The highest BCUT2D eigenvalue weighted by atomic mass is 19.4. The van der Waals surface area contributed by atoms with Crippen LogP contribution in [0, 0.1) is 11.8 Å². The van der Waals surface area contributed by atoms with E-state index < -0.39 is 12.1 Å². The van der Waals surface area contributed by atoms with E-state index in [1.807, 2.05) is 6.07 Å². The Morgan fingerprint density at radius 1 is 0.947 bits per heavy atom. The number of ether oxygens (including phenoxy) is 3. The second-order valence-corrected chi connectivity index (χ2v) is 11.2. The van der Waals surface area contributed by atoms with Crippen molar-refractivity contribution in [2.24, 2.45) is 11.8 Å². The first-order chi connectivity index (χ1) is 18.4. The first kappa shape index (κ1) is 24.0. The normalized spacial score (nSPS) is 23.2. The first-order valence-corrected chi connectivity index (χ1v) is 13.9. The van der Waals surface area contributed by atoms with Crippen LogP contribution in [0.5, 0.6) is 17.2 Å². The molecule has 2 fully saturated rings. The smallest absolute Gasteiger partial charge is 0.391 e. The molecular formula is C30H33F3N2O3. The highest BCUT2D eigenvalue weighted by Crippen LogP contribution is 2.55. The second-order valence-electron chi connectivity index (χ2n) is 11.2. The van der Waals surface area contributed by atoms with Crippen LogP contribution in [0.1, 0.15) is 66.8 Å². The van der Waals surface area contributed by atoms with Crippen LogP contribution in [0.2, 0.25) is 0 Å². The molecule has 38 heavy (non-hydrogen) atoms. The lowest BCUT2D eigenvalue weighted by atomic mass is 9.79. The van der Waals surface area contributed by atoms with Crippen LogP contribution in [0.4, 0.5) is 18.9 Å². The third-order valence-corrected chi connectivity index (χ3v) is 9.28. The van der Waals surface area contributed by atoms with Crippen molar-refractivity contribution in [3.8, 4) is 17.2 Å². The summed E-state index contributed by atoms with van der Waals surface area (Å²) in [6.07, 6.45) is 4.05. The van der Waals surface area contributed by atoms with Gasteiger partial charge in [-0.2, -0.15) is 13.2 Å². The van der Waals surface area contributed by atoms with Gasteiger partial charge in [0.05, 0.1) is 24.8 Å². The zero-order chi connectivity index (χ0) is 26.0. The Kier molecular flexibility index (Phi) is 5.71. The van der Waals surface area contributed by atoms with E-state index in [1.165, 1.54) is 35.2 Å². The molecule has 0 N–H and O–H groups in total. The molecule has 0 radical (unpaired) electrons. The maximum Gasteiger partial charge on any atom is 0.391 e. The summed E-state index contributed by atoms with van der Waals surface area (Å²) in [5.74, 6) is 1.63. The number of hydrogen-bond acceptors (Lipinski definition) is 5. The Labute approximate surface area is 221 Å². The molecule has 1 aliphatic carbocycles. The summed E-state index contributed by atoms with van der Waals surface area (Å²) < 4.78 is 57.7. The molecule has 5 nitrogen and oxygen atoms in total. The number of nitrogens with zero attached hydrogens (tertiary/aromatic N) is 2. The van der Waals surface area contributed by atoms with Crippen molar-refractivity contribution in [3.05, 3.63) is 46.5 Å². The third-order valence-electron chi connectivity index (χ3n) is 9.28. The summed E-state index contributed by atoms with van der Waals surface area (Å²) in [5.41, 5.74) is 7.04. The minimum atomic E-state index is -4.13. The van der Waals surface area contributed by atoms with Crippen LogP contribution in [-0.2, 0) is 6.42 Å². The number of piperidine rings is 1. The van der Waals surface area contributed by atoms with Crippen molar-refractivity contribution in [3.63, 3.8) is 0 Å². The Hall–Kier alpha value is -3.03. The topological polar surface area (TPSA) is 34.2 Å². The third kappa shape index (κ3) is 3.82. The Morgan fingerprint density at radius 3 is 2.39 bits per heavy atom. The van der Waals surface area contributed by atoms with Crippen LogP contribution in [0.25, 0.3) is 11.8 Å². The van der Waals surface area contributed by atoms with Crippen molar-refractivity contribution in [2.45, 2.75) is 57.2 Å². The van der Waals surface area contributed by atoms with Crippen molar-refractivity contribution >= 4 is 17.5 Å². The molecular weight excluding hydrogens is 493 g/mol. The van der Waals surface area contributed by atoms with Gasteiger partial charge in [0.2, 0.25) is 6.79 Å². The van der Waals surface area contributed by atoms with E-state index in [1.54, 1.807) is 7.11 Å². The van der Waals surface area contributed by atoms with Crippen molar-refractivity contribution in [2.75, 3.05) is 38.4 Å². The van der Waals surface area contributed by atoms with Gasteiger partial charge in [-0.15, -0.1) is 0 Å². The number of methoxy groups -OCH3 is 1. The maximum atomic E-state index is 13.5. The van der Waals surface area contributed by atoms with Gasteiger partial charge in [-0.05, 0) is 73.4 Å². The summed E-state index contributed by atoms with van der Waals surface area (Å²) >= 11 is 0. The zero-order valence-electron chi connectivity index (χ0n) is 21.7. The van der Waals surface area contributed by atoms with Gasteiger partial charge in [-0.25, -0.2) is 0 Å². The molecule has 1 atom stereocenters. The van der Waals surface area contributed by atoms with Gasteiger partial charge in [0.1, 0.15) is 5.75 Å². The van der Waals surface area contributed by atoms with Crippen LogP contribution < -0.4 is 19.1 Å². The highest BCUT2D eigenvalue weighted by molar-refractivity contribution is 5.89. The van der Waals surface area contributed by atoms with Gasteiger partial charge in [0.15, 0.2) is 11.5 Å². The van der Waals surface area contributed by atoms with E-state index in [0.717, 1.165) is 54.3 Å². The molecule has 7 rings (SSSR count). The number of anilines is 1. The summed E-state index contributed by atoms with van der Waals surface area (Å²) in [6, 6.07) is 8.54. The van der Waals surface area contributed by atoms with E-state index in [-0.39, 0.29) is 25.7 Å². The van der Waals surface area contributed by atoms with E-state index in [0.29, 0.717) is 19.0 Å². The Bertz CT molecular complexity index is 1280. The summed E-state index contributed by atoms with van der Waals surface area (Å²) in [5, 5.41) is 0. The number of hydrogen-bond donors (Lipinski definition) is 0. The van der Waals surface area contributed by atoms with Crippen molar-refractivity contribution in [1.82, 2.24) is 4.90 Å². The van der Waals surface area contributed by atoms with Crippen LogP contribution >= 0.6 is 0 Å². The highest BCUT2D eigenvalue weighted by Gasteiger charge is 2.44. The lowest BCUT2D eigenvalue weighted by molar-refractivity contribution is -0.179. The minimum absolute atomic E-state index is 0.121. The molecule has 0 spiro atoms. The number of benzene rings is 2. The van der Waals surface area contributed by atoms with Gasteiger partial charge < -0.3 is 24.0 Å². The van der Waals surface area contributed by atoms with Crippen LogP contribution in [0.15, 0.2) is 24.3 Å². The molecule has 0 aromatic heterocycles. The average Bonchev–Trinajstić information content (AvgIpc) is 3.61. The fourth-order valence-electron chi connectivity index (χ4n) is 7.42. The van der Waals surface area contributed by atoms with Crippen LogP contribution in [-0.4, -0.2) is 44.6 Å². The molecule has 4 heterocycles. The lowest BCUT2D eigenvalue weighted by Gasteiger charge is -2.47. The number of fused-ring (bicyclic) bond motifs is 5. The molecule has 1 unspecified atom stereocenters. The maximum absolute atomic E-state index is 13.5. The van der Waals surface area contributed by atoms with E-state index in [9.17, 15) is 13.2 Å². The molecule has 2 aromatic carbocycles. The van der Waals surface area contributed by atoms with Gasteiger partial charge in [-0.1, -0.05) is 18.9 Å². The van der Waals surface area contributed by atoms with Crippen molar-refractivity contribution < 1.29 is 27.4 Å². The summed E-state index contributed by atoms with van der Waals surface area (Å²) in [6.45, 7) is 1.92. The van der Waals surface area contributed by atoms with E-state index in [4.69, 9.17) is 14.2 Å². The fraction of sp³-hybridized carbons (Fsp3) is 0.533. The van der Waals surface area contributed by atoms with Gasteiger partial charge >= 0.3 is 6.18 Å². The monoisotopic (exact) mass is 526 g/mol. The van der Waals surface area contributed by atoms with Crippen molar-refractivity contribution in [1.29, 1.82) is 0 Å². The molecule has 1 saturated heterocycles. The number of halogens is 3. The SMILES string of the molecule is COc1ccc2c(c1N1CCC(C(F)(F)F)CC1)C(C1CCCC1)N1CCc3cc4c(cc3C1=C2)OCO4. The van der Waals surface area contributed by atoms with Gasteiger partial charge in [0.25, 0.3) is 0 Å². The standard InChI is InChI=1S/C30H33F3N2O3/c1-36-24-7-6-20-14-23-22-16-26-25(37-17-38-26)15-19(22)8-13-35(23)28(18-4-2-3-5-18)27(20)29(24)34-11-9-21(10-12-34)30(31,32)33/h6-7,14-16,18,21,28H,2-5,8-13,17H2,1H3. The number of alkyl halides is 3. The van der Waals surface area contributed by atoms with Gasteiger partial charge in [0, 0.05) is 36.5 Å². The number of rotatable bonds is 3. The Balaban J connectivity index is 1.36. The predicted octanol–water partition coefficient (Wildman–Crippen LogP) is 6.80. The minimum Gasteiger partial charge on any atom is -0.495 e.